The number of benzene rings is 1. The van der Waals surface area contributed by atoms with Crippen LogP contribution in [-0.4, -0.2) is 43.9 Å². The van der Waals surface area contributed by atoms with Crippen LogP contribution in [0.2, 0.25) is 0 Å². The van der Waals surface area contributed by atoms with Crippen LogP contribution < -0.4 is 5.32 Å². The molecule has 5 rings (SSSR count). The minimum atomic E-state index is -2.61. The van der Waals surface area contributed by atoms with E-state index in [0.717, 1.165) is 5.56 Å². The highest BCUT2D eigenvalue weighted by atomic mass is 19.3. The minimum Gasteiger partial charge on any atom is -0.428 e. The van der Waals surface area contributed by atoms with Gasteiger partial charge in [-0.25, -0.2) is 23.5 Å². The van der Waals surface area contributed by atoms with Gasteiger partial charge in [0.25, 0.3) is 6.43 Å². The third-order valence-corrected chi connectivity index (χ3v) is 8.44. The zero-order chi connectivity index (χ0) is 33.6. The Labute approximate surface area is 270 Å². The quantitative estimate of drug-likeness (QED) is 0.125. The molecule has 1 aliphatic carbocycles. The lowest BCUT2D eigenvalue weighted by atomic mass is 9.73. The fraction of sp³-hybridized carbons (Fsp3) is 0.343. The zero-order valence-electron chi connectivity index (χ0n) is 26.0. The van der Waals surface area contributed by atoms with E-state index in [-0.39, 0.29) is 17.3 Å². The van der Waals surface area contributed by atoms with Gasteiger partial charge in [0, 0.05) is 23.5 Å². The fourth-order valence-corrected chi connectivity index (χ4v) is 5.72. The zero-order valence-corrected chi connectivity index (χ0v) is 26.0. The van der Waals surface area contributed by atoms with Gasteiger partial charge in [-0.3, -0.25) is 9.78 Å². The number of esters is 2. The summed E-state index contributed by atoms with van der Waals surface area (Å²) in [7, 11) is 0. The smallest absolute Gasteiger partial charge is 0.342 e. The Kier molecular flexibility index (Phi) is 10.5. The maximum Gasteiger partial charge on any atom is 0.342 e. The van der Waals surface area contributed by atoms with Crippen LogP contribution in [-0.2, 0) is 24.7 Å². The Balaban J connectivity index is 1.14. The first kappa shape index (κ1) is 33.6. The maximum atomic E-state index is 13.1. The second-order valence-corrected chi connectivity index (χ2v) is 11.8. The number of halogens is 2. The van der Waals surface area contributed by atoms with E-state index in [9.17, 15) is 28.6 Å². The molecule has 10 nitrogen and oxygen atoms in total. The van der Waals surface area contributed by atoms with Crippen LogP contribution in [0.5, 0.6) is 0 Å². The molecule has 0 aliphatic heterocycles. The lowest BCUT2D eigenvalue weighted by Gasteiger charge is -2.37. The van der Waals surface area contributed by atoms with E-state index in [1.165, 1.54) is 18.3 Å². The molecule has 1 aromatic carbocycles. The van der Waals surface area contributed by atoms with Crippen molar-refractivity contribution < 1.29 is 38.1 Å². The number of ether oxygens (including phenoxy) is 2. The molecule has 0 unspecified atom stereocenters. The van der Waals surface area contributed by atoms with E-state index in [2.05, 4.69) is 20.3 Å². The number of aromatic nitrogens is 3. The molecule has 3 N–H and O–H groups in total. The van der Waals surface area contributed by atoms with Crippen molar-refractivity contribution in [2.24, 2.45) is 11.8 Å². The first-order valence-electron chi connectivity index (χ1n) is 15.3. The lowest BCUT2D eigenvalue weighted by Crippen LogP contribution is -2.37. The average molecular weight is 647 g/mol. The molecule has 2 atom stereocenters. The number of rotatable bonds is 11. The molecule has 0 radical (unpaired) electrons. The van der Waals surface area contributed by atoms with Crippen LogP contribution >= 0.6 is 0 Å². The summed E-state index contributed by atoms with van der Waals surface area (Å²) in [4.78, 5) is 38.0. The second-order valence-electron chi connectivity index (χ2n) is 11.8. The van der Waals surface area contributed by atoms with Gasteiger partial charge >= 0.3 is 11.9 Å². The van der Waals surface area contributed by atoms with Gasteiger partial charge in [0.2, 0.25) is 6.79 Å². The summed E-state index contributed by atoms with van der Waals surface area (Å²) in [6.45, 7) is 3.01. The Hall–Kier alpha value is -4.81. The largest absolute Gasteiger partial charge is 0.428 e. The molecule has 3 aromatic heterocycles. The number of pyridine rings is 3. The van der Waals surface area contributed by atoms with Crippen LogP contribution in [0.4, 0.5) is 20.4 Å². The number of anilines is 2. The first-order valence-corrected chi connectivity index (χ1v) is 15.3. The highest BCUT2D eigenvalue weighted by molar-refractivity contribution is 5.76. The van der Waals surface area contributed by atoms with Gasteiger partial charge in [-0.1, -0.05) is 30.3 Å². The van der Waals surface area contributed by atoms with Gasteiger partial charge in [0.05, 0.1) is 17.3 Å². The molecule has 0 spiro atoms. The lowest BCUT2D eigenvalue weighted by molar-refractivity contribution is -0.177. The van der Waals surface area contributed by atoms with E-state index < -0.39 is 42.8 Å². The van der Waals surface area contributed by atoms with E-state index in [4.69, 9.17) is 9.47 Å². The van der Waals surface area contributed by atoms with Crippen LogP contribution in [0.3, 0.4) is 0 Å². The number of aliphatic hydroxyl groups is 2. The monoisotopic (exact) mass is 646 g/mol. The number of carbonyl (C=O) groups excluding carboxylic acids is 2. The van der Waals surface area contributed by atoms with E-state index in [0.29, 0.717) is 54.0 Å². The van der Waals surface area contributed by atoms with Crippen LogP contribution in [0, 0.1) is 18.8 Å². The highest BCUT2D eigenvalue weighted by Gasteiger charge is 2.39. The molecule has 4 aromatic rings. The van der Waals surface area contributed by atoms with E-state index in [1.807, 2.05) is 19.1 Å². The fourth-order valence-electron chi connectivity index (χ4n) is 5.72. The standard InChI is InChI=1S/C35H36F2N4O6/c1-21-16-27(40-30(17-21)41-29-18-24(32(36)37)14-15-38-29)25-10-13-28(39-19-25)35(2,45)26-11-8-23(9-12-26)33(43)46-20-47-34(44)31(42)22-6-4-3-5-7-22/h3-7,10,13-19,23,26,31-32,42,45H,8-9,11-12,20H2,1-2H3,(H,38,40,41)/t23-,26-,31-,35-/m1/s1. The molecule has 1 aliphatic rings. The average Bonchev–Trinajstić information content (AvgIpc) is 3.08. The van der Waals surface area contributed by atoms with Crippen molar-refractivity contribution in [3.05, 3.63) is 102 Å². The summed E-state index contributed by atoms with van der Waals surface area (Å²) in [6, 6.07) is 18.1. The Morgan fingerprint density at radius 2 is 1.70 bits per heavy atom. The number of carbonyl (C=O) groups is 2. The van der Waals surface area contributed by atoms with Crippen LogP contribution in [0.1, 0.15) is 67.5 Å². The van der Waals surface area contributed by atoms with Crippen molar-refractivity contribution in [2.45, 2.75) is 57.7 Å². The third-order valence-electron chi connectivity index (χ3n) is 8.44. The first-order chi connectivity index (χ1) is 22.5. The topological polar surface area (TPSA) is 144 Å². The number of aryl methyl sites for hydroxylation is 1. The summed E-state index contributed by atoms with van der Waals surface area (Å²) in [5, 5.41) is 24.6. The summed E-state index contributed by atoms with van der Waals surface area (Å²) in [5.74, 6) is -1.28. The van der Waals surface area contributed by atoms with Crippen LogP contribution in [0.15, 0.2) is 79.1 Å². The van der Waals surface area contributed by atoms with Crippen molar-refractivity contribution in [3.8, 4) is 11.3 Å². The predicted molar refractivity (Wildman–Crippen MR) is 168 cm³/mol. The SMILES string of the molecule is Cc1cc(Nc2cc(C(F)F)ccn2)nc(-c2ccc([C@](C)(O)[C@H]3CC[C@H](C(=O)OCOC(=O)[C@H](O)c4ccccc4)CC3)nc2)c1. The number of aliphatic hydroxyl groups excluding tert-OH is 1. The Bertz CT molecular complexity index is 1680. The minimum absolute atomic E-state index is 0.144. The van der Waals surface area contributed by atoms with Crippen molar-refractivity contribution in [2.75, 3.05) is 12.1 Å². The van der Waals surface area contributed by atoms with Crippen molar-refractivity contribution in [3.63, 3.8) is 0 Å². The van der Waals surface area contributed by atoms with Gasteiger partial charge < -0.3 is 25.0 Å². The molecule has 47 heavy (non-hydrogen) atoms. The molecular formula is C35H36F2N4O6. The highest BCUT2D eigenvalue weighted by Crippen LogP contribution is 2.41. The summed E-state index contributed by atoms with van der Waals surface area (Å²) in [6.07, 6.45) is 0.930. The summed E-state index contributed by atoms with van der Waals surface area (Å²) < 4.78 is 36.3. The molecule has 246 valence electrons. The van der Waals surface area contributed by atoms with Crippen molar-refractivity contribution in [1.29, 1.82) is 0 Å². The van der Waals surface area contributed by atoms with Gasteiger partial charge in [-0.15, -0.1) is 0 Å². The molecule has 12 heteroatoms. The number of alkyl halides is 2. The summed E-state index contributed by atoms with van der Waals surface area (Å²) >= 11 is 0. The van der Waals surface area contributed by atoms with Gasteiger partial charge in [0.15, 0.2) is 6.10 Å². The number of nitrogens with zero attached hydrogens (tertiary/aromatic N) is 3. The normalized spacial score (nSPS) is 18.2. The van der Waals surface area contributed by atoms with Gasteiger partial charge in [-0.05, 0) is 93.0 Å². The predicted octanol–water partition coefficient (Wildman–Crippen LogP) is 6.32. The molecular weight excluding hydrogens is 610 g/mol. The molecule has 0 bridgehead atoms. The third kappa shape index (κ3) is 8.32. The van der Waals surface area contributed by atoms with Crippen molar-refractivity contribution >= 4 is 23.6 Å². The summed E-state index contributed by atoms with van der Waals surface area (Å²) in [5.41, 5.74) is 1.65. The Morgan fingerprint density at radius 1 is 0.957 bits per heavy atom. The molecule has 1 fully saturated rings. The number of nitrogens with one attached hydrogen (secondary N) is 1. The molecule has 1 saturated carbocycles. The van der Waals surface area contributed by atoms with Gasteiger partial charge in [0.1, 0.15) is 17.2 Å². The van der Waals surface area contributed by atoms with E-state index in [1.54, 1.807) is 55.6 Å². The second kappa shape index (κ2) is 14.7. The molecule has 3 heterocycles. The number of hydrogen-bond acceptors (Lipinski definition) is 10. The van der Waals surface area contributed by atoms with Gasteiger partial charge in [-0.2, -0.15) is 0 Å². The number of hydrogen-bond donors (Lipinski definition) is 3. The Morgan fingerprint density at radius 3 is 2.38 bits per heavy atom. The van der Waals surface area contributed by atoms with E-state index >= 15 is 0 Å². The maximum absolute atomic E-state index is 13.1. The van der Waals surface area contributed by atoms with Crippen LogP contribution in [0.25, 0.3) is 11.3 Å². The molecule has 0 amide bonds. The molecule has 0 saturated heterocycles. The van der Waals surface area contributed by atoms with Crippen molar-refractivity contribution in [1.82, 2.24) is 15.0 Å².